The van der Waals surface area contributed by atoms with Crippen molar-refractivity contribution in [3.8, 4) is 11.8 Å². The third-order valence-corrected chi connectivity index (χ3v) is 4.64. The van der Waals surface area contributed by atoms with Crippen LogP contribution in [0, 0.1) is 11.3 Å². The molecule has 0 amide bonds. The van der Waals surface area contributed by atoms with Crippen molar-refractivity contribution in [1.82, 2.24) is 4.72 Å². The molecule has 0 spiro atoms. The summed E-state index contributed by atoms with van der Waals surface area (Å²) >= 11 is 0. The first kappa shape index (κ1) is 13.8. The van der Waals surface area contributed by atoms with Crippen molar-refractivity contribution >= 4 is 10.0 Å². The highest BCUT2D eigenvalue weighted by Crippen LogP contribution is 2.27. The van der Waals surface area contributed by atoms with E-state index in [2.05, 4.69) is 4.72 Å². The number of nitrogens with one attached hydrogen (secondary N) is 1. The van der Waals surface area contributed by atoms with Crippen LogP contribution in [0.2, 0.25) is 0 Å². The number of rotatable bonds is 4. The van der Waals surface area contributed by atoms with E-state index in [9.17, 15) is 8.42 Å². The third-order valence-electron chi connectivity index (χ3n) is 3.08. The molecule has 0 bridgehead atoms. The molecule has 1 aliphatic carbocycles. The van der Waals surface area contributed by atoms with Crippen LogP contribution in [0.25, 0.3) is 0 Å². The minimum Gasteiger partial charge on any atom is -0.495 e. The molecule has 102 valence electrons. The Bertz CT molecular complexity index is 616. The zero-order valence-corrected chi connectivity index (χ0v) is 11.3. The molecular formula is C12H15N3O3S. The van der Waals surface area contributed by atoms with Crippen molar-refractivity contribution in [2.75, 3.05) is 7.11 Å². The molecular weight excluding hydrogens is 266 g/mol. The van der Waals surface area contributed by atoms with Gasteiger partial charge in [0, 0.05) is 12.1 Å². The molecule has 19 heavy (non-hydrogen) atoms. The van der Waals surface area contributed by atoms with Crippen LogP contribution in [0.4, 0.5) is 0 Å². The average molecular weight is 281 g/mol. The van der Waals surface area contributed by atoms with Gasteiger partial charge in [-0.1, -0.05) is 0 Å². The molecule has 1 aromatic carbocycles. The predicted octanol–water partition coefficient (Wildman–Crippen LogP) is 0.335. The van der Waals surface area contributed by atoms with Crippen LogP contribution in [0.3, 0.4) is 0 Å². The highest BCUT2D eigenvalue weighted by atomic mass is 32.2. The normalized spacial score (nSPS) is 22.4. The molecule has 2 rings (SSSR count). The van der Waals surface area contributed by atoms with Gasteiger partial charge in [0.05, 0.1) is 18.7 Å². The number of hydrogen-bond donors (Lipinski definition) is 2. The molecule has 0 aromatic heterocycles. The second-order valence-corrected chi connectivity index (χ2v) is 6.21. The Labute approximate surface area is 112 Å². The molecule has 0 radical (unpaired) electrons. The minimum absolute atomic E-state index is 0.0365. The van der Waals surface area contributed by atoms with Crippen molar-refractivity contribution in [3.63, 3.8) is 0 Å². The van der Waals surface area contributed by atoms with Crippen molar-refractivity contribution < 1.29 is 13.2 Å². The molecule has 0 unspecified atom stereocenters. The lowest BCUT2D eigenvalue weighted by atomic mass is 9.89. The number of ether oxygens (including phenoxy) is 1. The zero-order chi connectivity index (χ0) is 14.0. The topological polar surface area (TPSA) is 105 Å². The summed E-state index contributed by atoms with van der Waals surface area (Å²) in [4.78, 5) is 0.0365. The number of nitriles is 1. The summed E-state index contributed by atoms with van der Waals surface area (Å²) in [5, 5.41) is 8.79. The lowest BCUT2D eigenvalue weighted by Gasteiger charge is -2.32. The average Bonchev–Trinajstić information content (AvgIpc) is 2.35. The molecule has 0 heterocycles. The van der Waals surface area contributed by atoms with E-state index in [1.54, 1.807) is 0 Å². The van der Waals surface area contributed by atoms with Gasteiger partial charge in [0.25, 0.3) is 0 Å². The van der Waals surface area contributed by atoms with Crippen LogP contribution in [0.15, 0.2) is 23.1 Å². The molecule has 1 fully saturated rings. The maximum atomic E-state index is 12.2. The van der Waals surface area contributed by atoms with Crippen molar-refractivity contribution in [1.29, 1.82) is 5.26 Å². The fourth-order valence-electron chi connectivity index (χ4n) is 2.00. The van der Waals surface area contributed by atoms with Gasteiger partial charge >= 0.3 is 0 Å². The minimum atomic E-state index is -3.65. The molecule has 1 saturated carbocycles. The van der Waals surface area contributed by atoms with E-state index in [4.69, 9.17) is 15.7 Å². The molecule has 0 saturated heterocycles. The third kappa shape index (κ3) is 2.87. The molecule has 0 atom stereocenters. The standard InChI is InChI=1S/C12H15N3O3S/c1-18-11-4-8(7-13)2-3-12(11)19(16,17)15-10-5-9(14)6-10/h2-4,9-10,15H,5-6,14H2,1H3. The van der Waals surface area contributed by atoms with E-state index in [-0.39, 0.29) is 22.7 Å². The van der Waals surface area contributed by atoms with E-state index in [0.29, 0.717) is 18.4 Å². The first-order valence-electron chi connectivity index (χ1n) is 5.82. The maximum Gasteiger partial charge on any atom is 0.244 e. The number of hydrogen-bond acceptors (Lipinski definition) is 5. The van der Waals surface area contributed by atoms with Gasteiger partial charge in [-0.15, -0.1) is 0 Å². The summed E-state index contributed by atoms with van der Waals surface area (Å²) < 4.78 is 32.0. The highest BCUT2D eigenvalue weighted by molar-refractivity contribution is 7.89. The Hall–Kier alpha value is -1.62. The van der Waals surface area contributed by atoms with E-state index in [1.165, 1.54) is 25.3 Å². The number of nitrogens with zero attached hydrogens (tertiary/aromatic N) is 1. The van der Waals surface area contributed by atoms with Gasteiger partial charge in [-0.05, 0) is 31.0 Å². The largest absolute Gasteiger partial charge is 0.495 e. The summed E-state index contributed by atoms with van der Waals surface area (Å²) in [6, 6.07) is 6.10. The van der Waals surface area contributed by atoms with Gasteiger partial charge in [-0.2, -0.15) is 5.26 Å². The van der Waals surface area contributed by atoms with Crippen LogP contribution in [0.1, 0.15) is 18.4 Å². The van der Waals surface area contributed by atoms with Crippen LogP contribution >= 0.6 is 0 Å². The number of sulfonamides is 1. The molecule has 1 aromatic rings. The Morgan fingerprint density at radius 1 is 1.47 bits per heavy atom. The summed E-state index contributed by atoms with van der Waals surface area (Å²) in [5.41, 5.74) is 5.97. The second-order valence-electron chi connectivity index (χ2n) is 4.53. The highest BCUT2D eigenvalue weighted by Gasteiger charge is 2.31. The van der Waals surface area contributed by atoms with Crippen LogP contribution in [-0.2, 0) is 10.0 Å². The SMILES string of the molecule is COc1cc(C#N)ccc1S(=O)(=O)NC1CC(N)C1. The smallest absolute Gasteiger partial charge is 0.244 e. The maximum absolute atomic E-state index is 12.2. The van der Waals surface area contributed by atoms with Crippen molar-refractivity contribution in [2.24, 2.45) is 5.73 Å². The Kier molecular flexibility index (Phi) is 3.75. The van der Waals surface area contributed by atoms with E-state index < -0.39 is 10.0 Å². The number of benzene rings is 1. The number of methoxy groups -OCH3 is 1. The van der Waals surface area contributed by atoms with Crippen molar-refractivity contribution in [3.05, 3.63) is 23.8 Å². The van der Waals surface area contributed by atoms with E-state index in [1.807, 2.05) is 6.07 Å². The predicted molar refractivity (Wildman–Crippen MR) is 69.0 cm³/mol. The van der Waals surface area contributed by atoms with Gasteiger partial charge in [-0.3, -0.25) is 0 Å². The lowest BCUT2D eigenvalue weighted by Crippen LogP contribution is -2.50. The first-order chi connectivity index (χ1) is 8.96. The van der Waals surface area contributed by atoms with Gasteiger partial charge in [0.15, 0.2) is 0 Å². The van der Waals surface area contributed by atoms with Gasteiger partial charge in [0.2, 0.25) is 10.0 Å². The lowest BCUT2D eigenvalue weighted by molar-refractivity contribution is 0.326. The van der Waals surface area contributed by atoms with Crippen molar-refractivity contribution in [2.45, 2.75) is 29.8 Å². The molecule has 0 aliphatic heterocycles. The fourth-order valence-corrected chi connectivity index (χ4v) is 3.41. The number of nitrogens with two attached hydrogens (primary N) is 1. The van der Waals surface area contributed by atoms with Crippen LogP contribution in [-0.4, -0.2) is 27.6 Å². The summed E-state index contributed by atoms with van der Waals surface area (Å²) in [6.45, 7) is 0. The summed E-state index contributed by atoms with van der Waals surface area (Å²) in [6.07, 6.45) is 1.27. The van der Waals surface area contributed by atoms with Gasteiger partial charge in [-0.25, -0.2) is 13.1 Å². The molecule has 6 nitrogen and oxygen atoms in total. The van der Waals surface area contributed by atoms with Gasteiger partial charge in [0.1, 0.15) is 10.6 Å². The first-order valence-corrected chi connectivity index (χ1v) is 7.30. The quantitative estimate of drug-likeness (QED) is 0.827. The Morgan fingerprint density at radius 3 is 2.68 bits per heavy atom. The Balaban J connectivity index is 2.27. The molecule has 7 heteroatoms. The summed E-state index contributed by atoms with van der Waals surface area (Å²) in [7, 11) is -2.28. The molecule has 3 N–H and O–H groups in total. The monoisotopic (exact) mass is 281 g/mol. The zero-order valence-electron chi connectivity index (χ0n) is 10.5. The van der Waals surface area contributed by atoms with E-state index in [0.717, 1.165) is 0 Å². The molecule has 1 aliphatic rings. The summed E-state index contributed by atoms with van der Waals surface area (Å²) in [5.74, 6) is 0.162. The van der Waals surface area contributed by atoms with Crippen LogP contribution < -0.4 is 15.2 Å². The second kappa shape index (κ2) is 5.17. The fraction of sp³-hybridized carbons (Fsp3) is 0.417. The van der Waals surface area contributed by atoms with E-state index >= 15 is 0 Å². The Morgan fingerprint density at radius 2 is 2.16 bits per heavy atom. The van der Waals surface area contributed by atoms with Gasteiger partial charge < -0.3 is 10.5 Å². The van der Waals surface area contributed by atoms with Crippen LogP contribution in [0.5, 0.6) is 5.75 Å².